The molecule has 37 heavy (non-hydrogen) atoms. The van der Waals surface area contributed by atoms with Gasteiger partial charge in [0.15, 0.2) is 6.29 Å². The minimum atomic E-state index is -2.93. The van der Waals surface area contributed by atoms with E-state index in [9.17, 15) is 13.6 Å². The zero-order valence-corrected chi connectivity index (χ0v) is 21.9. The van der Waals surface area contributed by atoms with E-state index >= 15 is 0 Å². The number of nitrogens with two attached hydrogens (primary N) is 1. The highest BCUT2D eigenvalue weighted by Crippen LogP contribution is 2.24. The van der Waals surface area contributed by atoms with Gasteiger partial charge in [-0.2, -0.15) is 8.78 Å². The molecule has 1 aliphatic carbocycles. The van der Waals surface area contributed by atoms with E-state index < -0.39 is 6.61 Å². The molecule has 1 aromatic carbocycles. The number of benzene rings is 1. The normalized spacial score (nSPS) is 15.9. The molecule has 0 bridgehead atoms. The molecule has 1 saturated heterocycles. The molecule has 4 rings (SSSR count). The van der Waals surface area contributed by atoms with Crippen molar-refractivity contribution >= 4 is 17.7 Å². The first kappa shape index (κ1) is 30.3. The minimum Gasteiger partial charge on any atom is -0.435 e. The summed E-state index contributed by atoms with van der Waals surface area (Å²) in [6, 6.07) is 8.44. The molecule has 0 atom stereocenters. The van der Waals surface area contributed by atoms with Crippen LogP contribution in [0.15, 0.2) is 36.5 Å². The van der Waals surface area contributed by atoms with Crippen molar-refractivity contribution in [3.63, 3.8) is 0 Å². The number of aromatic nitrogens is 1. The highest BCUT2D eigenvalue weighted by atomic mass is 19.3. The molecular formula is C27H39F2N5O3. The van der Waals surface area contributed by atoms with Crippen LogP contribution in [0.3, 0.4) is 0 Å². The number of rotatable bonds is 8. The van der Waals surface area contributed by atoms with Crippen LogP contribution in [0.25, 0.3) is 0 Å². The molecule has 10 heteroatoms. The highest BCUT2D eigenvalue weighted by molar-refractivity contribution is 6.13. The van der Waals surface area contributed by atoms with Crippen LogP contribution in [0.4, 0.5) is 14.5 Å². The van der Waals surface area contributed by atoms with E-state index in [1.807, 2.05) is 13.8 Å². The number of aldehydes is 1. The van der Waals surface area contributed by atoms with Crippen LogP contribution in [-0.4, -0.2) is 73.9 Å². The average molecular weight is 520 g/mol. The van der Waals surface area contributed by atoms with Gasteiger partial charge in [-0.05, 0) is 51.9 Å². The van der Waals surface area contributed by atoms with Gasteiger partial charge in [0, 0.05) is 42.5 Å². The van der Waals surface area contributed by atoms with Gasteiger partial charge >= 0.3 is 6.61 Å². The molecule has 4 N–H and O–H groups in total. The Balaban J connectivity index is 0.000000306. The van der Waals surface area contributed by atoms with Crippen molar-refractivity contribution in [2.75, 3.05) is 38.7 Å². The first-order chi connectivity index (χ1) is 17.9. The first-order valence-electron chi connectivity index (χ1n) is 12.6. The number of nitrogens with zero attached hydrogens (tertiary/aromatic N) is 2. The number of nitrogens with one attached hydrogen (secondary N) is 2. The molecule has 0 spiro atoms. The van der Waals surface area contributed by atoms with Crippen LogP contribution < -0.4 is 15.8 Å². The van der Waals surface area contributed by atoms with Gasteiger partial charge < -0.3 is 20.5 Å². The monoisotopic (exact) mass is 519 g/mol. The fourth-order valence-electron chi connectivity index (χ4n) is 4.34. The van der Waals surface area contributed by atoms with E-state index in [-0.39, 0.29) is 17.5 Å². The summed E-state index contributed by atoms with van der Waals surface area (Å²) in [5.74, 6) is -0.0323. The molecule has 204 valence electrons. The van der Waals surface area contributed by atoms with Crippen LogP contribution >= 0.6 is 0 Å². The van der Waals surface area contributed by atoms with Crippen LogP contribution in [-0.2, 0) is 4.74 Å². The van der Waals surface area contributed by atoms with Crippen molar-refractivity contribution in [2.45, 2.75) is 58.2 Å². The minimum absolute atomic E-state index is 0.0323. The summed E-state index contributed by atoms with van der Waals surface area (Å²) in [5, 5.41) is 11.5. The molecule has 0 radical (unpaired) electrons. The molecule has 1 saturated carbocycles. The number of alkyl halides is 2. The third-order valence-electron chi connectivity index (χ3n) is 5.96. The number of hydrogen-bond acceptors (Lipinski definition) is 8. The maximum atomic E-state index is 12.3. The van der Waals surface area contributed by atoms with E-state index in [2.05, 4.69) is 25.7 Å². The van der Waals surface area contributed by atoms with E-state index in [0.717, 1.165) is 19.3 Å². The lowest BCUT2D eigenvalue weighted by Crippen LogP contribution is -2.42. The summed E-state index contributed by atoms with van der Waals surface area (Å²) in [6.07, 6.45) is 7.79. The van der Waals surface area contributed by atoms with E-state index in [0.29, 0.717) is 28.8 Å². The number of halogens is 2. The summed E-state index contributed by atoms with van der Waals surface area (Å²) in [6.45, 7) is 5.15. The smallest absolute Gasteiger partial charge is 0.387 e. The second kappa shape index (κ2) is 16.0. The molecule has 2 heterocycles. The van der Waals surface area contributed by atoms with Gasteiger partial charge in [-0.15, -0.1) is 0 Å². The van der Waals surface area contributed by atoms with Gasteiger partial charge in [-0.3, -0.25) is 20.1 Å². The predicted molar refractivity (Wildman–Crippen MR) is 142 cm³/mol. The quantitative estimate of drug-likeness (QED) is 0.346. The number of morpholine rings is 1. The van der Waals surface area contributed by atoms with Crippen LogP contribution in [0.2, 0.25) is 0 Å². The number of carbonyl (C=O) groups excluding carboxylic acids is 1. The number of hydrogen-bond donors (Lipinski definition) is 3. The standard InChI is InChI=1S/C17H17F2N3O2.C9H17NO.CH5N/c1-10(2)22-14-6-11(9-23)8-21-16(14)15(20)12-4-3-5-13(7-12)24-17(18)19;1-2-4-9(3-1)10-5-7-11-8-6-10;1-2/h3-10,17,20,22H,1-2H3;9H,1-8H2;2H2,1H3. The van der Waals surface area contributed by atoms with Gasteiger partial charge in [0.25, 0.3) is 0 Å². The van der Waals surface area contributed by atoms with E-state index in [4.69, 9.17) is 10.1 Å². The molecule has 8 nitrogen and oxygen atoms in total. The van der Waals surface area contributed by atoms with Crippen LogP contribution in [0.5, 0.6) is 5.75 Å². The predicted octanol–water partition coefficient (Wildman–Crippen LogP) is 4.57. The summed E-state index contributed by atoms with van der Waals surface area (Å²) in [5.41, 5.74) is 6.15. The van der Waals surface area contributed by atoms with Crippen molar-refractivity contribution in [3.8, 4) is 5.75 Å². The number of anilines is 1. The second-order valence-electron chi connectivity index (χ2n) is 8.95. The lowest BCUT2D eigenvalue weighted by atomic mass is 10.0. The topological polar surface area (TPSA) is 114 Å². The molecule has 2 fully saturated rings. The number of pyridine rings is 1. The van der Waals surface area contributed by atoms with Crippen molar-refractivity contribution in [1.82, 2.24) is 9.88 Å². The van der Waals surface area contributed by atoms with Gasteiger partial charge in [0.2, 0.25) is 0 Å². The Morgan fingerprint density at radius 2 is 1.89 bits per heavy atom. The molecule has 1 aliphatic heterocycles. The Bertz CT molecular complexity index is 978. The van der Waals surface area contributed by atoms with Crippen molar-refractivity contribution < 1.29 is 23.0 Å². The maximum absolute atomic E-state index is 12.3. The van der Waals surface area contributed by atoms with Gasteiger partial charge in [-0.1, -0.05) is 25.0 Å². The zero-order valence-electron chi connectivity index (χ0n) is 21.9. The lowest BCUT2D eigenvalue weighted by Gasteiger charge is -2.31. The Morgan fingerprint density at radius 1 is 1.22 bits per heavy atom. The van der Waals surface area contributed by atoms with Gasteiger partial charge in [0.05, 0.1) is 24.6 Å². The van der Waals surface area contributed by atoms with E-state index in [1.165, 1.54) is 70.2 Å². The highest BCUT2D eigenvalue weighted by Gasteiger charge is 2.23. The molecule has 2 aliphatic rings. The number of ether oxygens (including phenoxy) is 2. The Kier molecular flexibility index (Phi) is 13.1. The second-order valence-corrected chi connectivity index (χ2v) is 8.95. The fraction of sp³-hybridized carbons (Fsp3) is 0.519. The Morgan fingerprint density at radius 3 is 2.49 bits per heavy atom. The Labute approximate surface area is 218 Å². The van der Waals surface area contributed by atoms with Gasteiger partial charge in [-0.25, -0.2) is 0 Å². The molecule has 2 aromatic rings. The summed E-state index contributed by atoms with van der Waals surface area (Å²) < 4.78 is 34.3. The first-order valence-corrected chi connectivity index (χ1v) is 12.6. The summed E-state index contributed by atoms with van der Waals surface area (Å²) in [4.78, 5) is 17.7. The lowest BCUT2D eigenvalue weighted by molar-refractivity contribution is -0.0498. The van der Waals surface area contributed by atoms with Crippen molar-refractivity contribution in [3.05, 3.63) is 53.3 Å². The zero-order chi connectivity index (χ0) is 27.2. The number of carbonyl (C=O) groups is 1. The van der Waals surface area contributed by atoms with Crippen LogP contribution in [0, 0.1) is 5.41 Å². The third-order valence-corrected chi connectivity index (χ3v) is 5.96. The third kappa shape index (κ3) is 9.79. The van der Waals surface area contributed by atoms with Crippen molar-refractivity contribution in [2.24, 2.45) is 5.73 Å². The van der Waals surface area contributed by atoms with Crippen LogP contribution in [0.1, 0.15) is 61.1 Å². The molecule has 0 unspecified atom stereocenters. The molecule has 0 amide bonds. The average Bonchev–Trinajstić information content (AvgIpc) is 3.45. The van der Waals surface area contributed by atoms with Crippen molar-refractivity contribution in [1.29, 1.82) is 5.41 Å². The summed E-state index contributed by atoms with van der Waals surface area (Å²) in [7, 11) is 1.50. The largest absolute Gasteiger partial charge is 0.435 e. The SMILES string of the molecule is C1CCC(N2CCOCC2)C1.CC(C)Nc1cc(C=O)cnc1C(=N)c1cccc(OC(F)F)c1.CN. The van der Waals surface area contributed by atoms with Gasteiger partial charge in [0.1, 0.15) is 11.4 Å². The molecular weight excluding hydrogens is 480 g/mol. The summed E-state index contributed by atoms with van der Waals surface area (Å²) >= 11 is 0. The van der Waals surface area contributed by atoms with E-state index in [1.54, 1.807) is 12.1 Å². The molecule has 1 aromatic heterocycles. The fourth-order valence-corrected chi connectivity index (χ4v) is 4.34. The Hall–Kier alpha value is -2.95. The maximum Gasteiger partial charge on any atom is 0.387 e.